The molecule has 0 aliphatic rings. The predicted octanol–water partition coefficient (Wildman–Crippen LogP) is 2.88. The van der Waals surface area contributed by atoms with Gasteiger partial charge in [0, 0.05) is 6.04 Å². The van der Waals surface area contributed by atoms with Crippen molar-refractivity contribution in [3.63, 3.8) is 0 Å². The van der Waals surface area contributed by atoms with Crippen molar-refractivity contribution in [2.45, 2.75) is 40.7 Å². The highest BCUT2D eigenvalue weighted by Crippen LogP contribution is 2.25. The minimum absolute atomic E-state index is 0.141. The van der Waals surface area contributed by atoms with Crippen LogP contribution in [0.1, 0.15) is 34.6 Å². The van der Waals surface area contributed by atoms with Gasteiger partial charge in [-0.3, -0.25) is 0 Å². The fourth-order valence-corrected chi connectivity index (χ4v) is 1.03. The Labute approximate surface area is 76.3 Å². The van der Waals surface area contributed by atoms with Crippen molar-refractivity contribution in [2.24, 2.45) is 11.1 Å². The first-order valence-corrected chi connectivity index (χ1v) is 4.48. The summed E-state index contributed by atoms with van der Waals surface area (Å²) in [6, 6.07) is 0.141. The molecule has 1 atom stereocenters. The van der Waals surface area contributed by atoms with Crippen molar-refractivity contribution in [3.05, 3.63) is 23.8 Å². The lowest BCUT2D eigenvalue weighted by atomic mass is 9.86. The Hall–Kier alpha value is -0.560. The lowest BCUT2D eigenvalue weighted by molar-refractivity contribution is 0.516. The normalized spacial score (nSPS) is 17.0. The molecule has 1 unspecified atom stereocenters. The lowest BCUT2D eigenvalue weighted by Crippen LogP contribution is -2.12. The Morgan fingerprint density at radius 3 is 2.08 bits per heavy atom. The monoisotopic (exact) mass is 167 g/mol. The van der Waals surface area contributed by atoms with Crippen LogP contribution in [0.5, 0.6) is 0 Å². The zero-order valence-corrected chi connectivity index (χ0v) is 8.89. The molecule has 70 valence electrons. The summed E-state index contributed by atoms with van der Waals surface area (Å²) < 4.78 is 0. The minimum Gasteiger partial charge on any atom is -0.325 e. The molecule has 0 saturated carbocycles. The van der Waals surface area contributed by atoms with E-state index in [1.807, 2.05) is 13.0 Å². The maximum absolute atomic E-state index is 5.62. The van der Waals surface area contributed by atoms with Gasteiger partial charge >= 0.3 is 0 Å². The zero-order valence-electron chi connectivity index (χ0n) is 8.89. The van der Waals surface area contributed by atoms with Crippen molar-refractivity contribution in [1.82, 2.24) is 0 Å². The molecule has 1 nitrogen and oxygen atoms in total. The topological polar surface area (TPSA) is 26.0 Å². The van der Waals surface area contributed by atoms with Crippen LogP contribution >= 0.6 is 0 Å². The van der Waals surface area contributed by atoms with Gasteiger partial charge in [0.05, 0.1) is 0 Å². The largest absolute Gasteiger partial charge is 0.325 e. The highest BCUT2D eigenvalue weighted by molar-refractivity contribution is 5.24. The molecular formula is C11H21N. The van der Waals surface area contributed by atoms with Crippen LogP contribution in [0, 0.1) is 5.41 Å². The van der Waals surface area contributed by atoms with Crippen LogP contribution in [0.25, 0.3) is 0 Å². The molecule has 0 aromatic carbocycles. The Balaban J connectivity index is 4.42. The van der Waals surface area contributed by atoms with Gasteiger partial charge < -0.3 is 5.73 Å². The van der Waals surface area contributed by atoms with Gasteiger partial charge in [-0.1, -0.05) is 39.0 Å². The molecule has 0 radical (unpaired) electrons. The van der Waals surface area contributed by atoms with Crippen LogP contribution in [-0.2, 0) is 0 Å². The number of hydrogen-bond donors (Lipinski definition) is 1. The molecule has 12 heavy (non-hydrogen) atoms. The Morgan fingerprint density at radius 2 is 1.83 bits per heavy atom. The molecular weight excluding hydrogens is 146 g/mol. The van der Waals surface area contributed by atoms with Gasteiger partial charge in [0.1, 0.15) is 0 Å². The van der Waals surface area contributed by atoms with E-state index in [1.165, 1.54) is 5.57 Å². The van der Waals surface area contributed by atoms with E-state index in [-0.39, 0.29) is 11.5 Å². The molecule has 0 aromatic rings. The summed E-state index contributed by atoms with van der Waals surface area (Å²) in [5, 5.41) is 0. The van der Waals surface area contributed by atoms with Gasteiger partial charge in [0.2, 0.25) is 0 Å². The smallest absolute Gasteiger partial charge is 0.0197 e. The summed E-state index contributed by atoms with van der Waals surface area (Å²) in [5.41, 5.74) is 7.18. The van der Waals surface area contributed by atoms with E-state index in [1.54, 1.807) is 0 Å². The number of rotatable bonds is 2. The molecule has 0 spiro atoms. The summed E-state index contributed by atoms with van der Waals surface area (Å²) in [6.45, 7) is 10.6. The molecule has 2 N–H and O–H groups in total. The van der Waals surface area contributed by atoms with Crippen LogP contribution in [-0.4, -0.2) is 6.04 Å². The van der Waals surface area contributed by atoms with Gasteiger partial charge in [-0.2, -0.15) is 0 Å². The van der Waals surface area contributed by atoms with E-state index in [4.69, 9.17) is 5.73 Å². The van der Waals surface area contributed by atoms with Crippen LogP contribution in [0.2, 0.25) is 0 Å². The quantitative estimate of drug-likeness (QED) is 0.629. The van der Waals surface area contributed by atoms with Crippen LogP contribution in [0.15, 0.2) is 23.8 Å². The van der Waals surface area contributed by atoms with Crippen molar-refractivity contribution in [1.29, 1.82) is 0 Å². The summed E-state index contributed by atoms with van der Waals surface area (Å²) in [4.78, 5) is 0. The molecule has 0 rings (SSSR count). The fraction of sp³-hybridized carbons (Fsp3) is 0.636. The number of hydrogen-bond acceptors (Lipinski definition) is 1. The summed E-state index contributed by atoms with van der Waals surface area (Å²) in [5.74, 6) is 0. The van der Waals surface area contributed by atoms with E-state index >= 15 is 0 Å². The van der Waals surface area contributed by atoms with Gasteiger partial charge in [-0.05, 0) is 24.8 Å². The van der Waals surface area contributed by atoms with E-state index < -0.39 is 0 Å². The molecule has 1 heteroatoms. The Morgan fingerprint density at radius 1 is 1.33 bits per heavy atom. The van der Waals surface area contributed by atoms with E-state index in [9.17, 15) is 0 Å². The Kier molecular flexibility index (Phi) is 4.25. The first-order chi connectivity index (χ1) is 5.38. The van der Waals surface area contributed by atoms with Gasteiger partial charge in [0.25, 0.3) is 0 Å². The molecule has 0 aromatic heterocycles. The van der Waals surface area contributed by atoms with E-state index in [2.05, 4.69) is 39.8 Å². The van der Waals surface area contributed by atoms with Crippen LogP contribution in [0.3, 0.4) is 0 Å². The average molecular weight is 167 g/mol. The standard InChI is InChI=1S/C11H21N/c1-6-10(11(3,4)5)8-7-9(2)12/h6-9H,12H2,1-5H3/b8-7-,10-6+. The SMILES string of the molecule is C/C=C(\C=C/C(C)N)C(C)(C)C. The predicted molar refractivity (Wildman–Crippen MR) is 56.0 cm³/mol. The highest BCUT2D eigenvalue weighted by Gasteiger charge is 2.12. The molecule has 0 heterocycles. The average Bonchev–Trinajstić information content (AvgIpc) is 1.85. The summed E-state index contributed by atoms with van der Waals surface area (Å²) in [7, 11) is 0. The molecule has 0 fully saturated rings. The first kappa shape index (κ1) is 11.4. The molecule has 0 aliphatic heterocycles. The highest BCUT2D eigenvalue weighted by atomic mass is 14.6. The van der Waals surface area contributed by atoms with Crippen LogP contribution < -0.4 is 5.73 Å². The third kappa shape index (κ3) is 4.35. The van der Waals surface area contributed by atoms with E-state index in [0.29, 0.717) is 0 Å². The zero-order chi connectivity index (χ0) is 9.78. The Bertz CT molecular complexity index is 180. The number of nitrogens with two attached hydrogens (primary N) is 1. The van der Waals surface area contributed by atoms with Gasteiger partial charge in [-0.25, -0.2) is 0 Å². The molecule has 0 saturated heterocycles. The third-order valence-corrected chi connectivity index (χ3v) is 1.76. The maximum Gasteiger partial charge on any atom is 0.0197 e. The lowest BCUT2D eigenvalue weighted by Gasteiger charge is -2.20. The third-order valence-electron chi connectivity index (χ3n) is 1.76. The van der Waals surface area contributed by atoms with Gasteiger partial charge in [-0.15, -0.1) is 0 Å². The number of allylic oxidation sites excluding steroid dienone is 3. The minimum atomic E-state index is 0.141. The summed E-state index contributed by atoms with van der Waals surface area (Å²) in [6.07, 6.45) is 6.28. The second-order valence-electron chi connectivity index (χ2n) is 4.21. The van der Waals surface area contributed by atoms with Crippen molar-refractivity contribution < 1.29 is 0 Å². The summed E-state index contributed by atoms with van der Waals surface area (Å²) >= 11 is 0. The maximum atomic E-state index is 5.62. The van der Waals surface area contributed by atoms with Crippen molar-refractivity contribution in [3.8, 4) is 0 Å². The molecule has 0 bridgehead atoms. The van der Waals surface area contributed by atoms with Gasteiger partial charge in [0.15, 0.2) is 0 Å². The van der Waals surface area contributed by atoms with E-state index in [0.717, 1.165) is 0 Å². The molecule has 0 amide bonds. The molecule has 0 aliphatic carbocycles. The first-order valence-electron chi connectivity index (χ1n) is 4.48. The van der Waals surface area contributed by atoms with Crippen LogP contribution in [0.4, 0.5) is 0 Å². The van der Waals surface area contributed by atoms with Crippen molar-refractivity contribution >= 4 is 0 Å². The second-order valence-corrected chi connectivity index (χ2v) is 4.21. The van der Waals surface area contributed by atoms with Crippen molar-refractivity contribution in [2.75, 3.05) is 0 Å². The fourth-order valence-electron chi connectivity index (χ4n) is 1.03. The second kappa shape index (κ2) is 4.46.